The second kappa shape index (κ2) is 8.13. The molecule has 3 rings (SSSR count). The maximum atomic E-state index is 11.1. The first kappa shape index (κ1) is 18.1. The van der Waals surface area contributed by atoms with Gasteiger partial charge in [-0.1, -0.05) is 36.4 Å². The molecule has 1 N–H and O–H groups in total. The highest BCUT2D eigenvalue weighted by Gasteiger charge is 2.15. The number of nitrogens with zero attached hydrogens (tertiary/aromatic N) is 3. The van der Waals surface area contributed by atoms with Crippen LogP contribution in [0.4, 0.5) is 5.95 Å². The first-order chi connectivity index (χ1) is 12.5. The maximum absolute atomic E-state index is 11.1. The number of amides is 1. The Bertz CT molecular complexity index is 758. The normalized spacial score (nSPS) is 15.6. The van der Waals surface area contributed by atoms with E-state index in [9.17, 15) is 4.79 Å². The maximum Gasteiger partial charge on any atom is 0.225 e. The Morgan fingerprint density at radius 2 is 1.77 bits per heavy atom. The molecule has 1 aromatic heterocycles. The average Bonchev–Trinajstić information content (AvgIpc) is 2.62. The van der Waals surface area contributed by atoms with Crippen molar-refractivity contribution in [2.45, 2.75) is 39.2 Å². The summed E-state index contributed by atoms with van der Waals surface area (Å²) >= 11 is 0. The number of nitrogens with one attached hydrogen (secondary N) is 1. The van der Waals surface area contributed by atoms with Gasteiger partial charge in [0.15, 0.2) is 0 Å². The third-order valence-corrected chi connectivity index (χ3v) is 4.67. The average molecular weight is 350 g/mol. The molecule has 0 spiro atoms. The lowest BCUT2D eigenvalue weighted by atomic mass is 10.0. The second-order valence-corrected chi connectivity index (χ2v) is 7.01. The van der Waals surface area contributed by atoms with E-state index in [-0.39, 0.29) is 11.9 Å². The smallest absolute Gasteiger partial charge is 0.225 e. The van der Waals surface area contributed by atoms with Crippen LogP contribution in [0.5, 0.6) is 0 Å². The van der Waals surface area contributed by atoms with Crippen molar-refractivity contribution >= 4 is 11.9 Å². The third kappa shape index (κ3) is 4.69. The zero-order chi connectivity index (χ0) is 18.5. The van der Waals surface area contributed by atoms with Crippen molar-refractivity contribution < 1.29 is 4.79 Å². The Balaban J connectivity index is 1.64. The summed E-state index contributed by atoms with van der Waals surface area (Å²) in [6.07, 6.45) is 6.63. The quantitative estimate of drug-likeness (QED) is 0.840. The molecule has 1 aliphatic rings. The summed E-state index contributed by atoms with van der Waals surface area (Å²) in [6.45, 7) is 9.49. The number of rotatable bonds is 5. The predicted octanol–water partition coefficient (Wildman–Crippen LogP) is 3.37. The Kier molecular flexibility index (Phi) is 5.66. The number of carbonyl (C=O) groups is 1. The third-order valence-electron chi connectivity index (χ3n) is 4.67. The van der Waals surface area contributed by atoms with Crippen molar-refractivity contribution in [3.05, 3.63) is 54.4 Å². The molecule has 1 aromatic carbocycles. The first-order valence-electron chi connectivity index (χ1n) is 9.11. The lowest BCUT2D eigenvalue weighted by molar-refractivity contribution is -0.119. The molecule has 0 aliphatic carbocycles. The van der Waals surface area contributed by atoms with Gasteiger partial charge in [-0.2, -0.15) is 0 Å². The Morgan fingerprint density at radius 3 is 2.35 bits per heavy atom. The van der Waals surface area contributed by atoms with Gasteiger partial charge in [-0.05, 0) is 37.3 Å². The fourth-order valence-corrected chi connectivity index (χ4v) is 3.24. The molecule has 1 fully saturated rings. The van der Waals surface area contributed by atoms with E-state index in [0.29, 0.717) is 0 Å². The van der Waals surface area contributed by atoms with Crippen molar-refractivity contribution in [3.63, 3.8) is 0 Å². The number of aromatic nitrogens is 2. The van der Waals surface area contributed by atoms with E-state index < -0.39 is 0 Å². The Labute approximate surface area is 155 Å². The lowest BCUT2D eigenvalue weighted by Crippen LogP contribution is -2.31. The van der Waals surface area contributed by atoms with Crippen molar-refractivity contribution in [2.24, 2.45) is 0 Å². The highest BCUT2D eigenvalue weighted by molar-refractivity contribution is 5.73. The molecule has 1 amide bonds. The largest absolute Gasteiger partial charge is 0.354 e. The summed E-state index contributed by atoms with van der Waals surface area (Å²) in [4.78, 5) is 22.4. The number of hydrogen-bond donors (Lipinski definition) is 1. The van der Waals surface area contributed by atoms with Crippen molar-refractivity contribution in [1.29, 1.82) is 0 Å². The highest BCUT2D eigenvalue weighted by Crippen LogP contribution is 2.22. The molecule has 5 nitrogen and oxygen atoms in total. The van der Waals surface area contributed by atoms with E-state index in [1.165, 1.54) is 11.1 Å². The molecular weight excluding hydrogens is 324 g/mol. The molecule has 1 unspecified atom stereocenters. The van der Waals surface area contributed by atoms with Crippen LogP contribution in [-0.2, 0) is 11.2 Å². The SMILES string of the molecule is C=C1CCN(c2ncc(-c3ccc(CC(C)NC(C)=O)cc3)cn2)CC1. The van der Waals surface area contributed by atoms with E-state index in [4.69, 9.17) is 0 Å². The molecule has 1 aliphatic heterocycles. The monoisotopic (exact) mass is 350 g/mol. The van der Waals surface area contributed by atoms with Crippen molar-refractivity contribution in [1.82, 2.24) is 15.3 Å². The summed E-state index contributed by atoms with van der Waals surface area (Å²) in [5.74, 6) is 0.798. The van der Waals surface area contributed by atoms with Gasteiger partial charge in [-0.15, -0.1) is 0 Å². The van der Waals surface area contributed by atoms with Crippen LogP contribution in [0.15, 0.2) is 48.8 Å². The highest BCUT2D eigenvalue weighted by atomic mass is 16.1. The Morgan fingerprint density at radius 1 is 1.15 bits per heavy atom. The minimum atomic E-state index is 0.00405. The van der Waals surface area contributed by atoms with Gasteiger partial charge >= 0.3 is 0 Å². The van der Waals surface area contributed by atoms with Crippen LogP contribution in [0, 0.1) is 0 Å². The molecule has 2 heterocycles. The predicted molar refractivity (Wildman–Crippen MR) is 105 cm³/mol. The lowest BCUT2D eigenvalue weighted by Gasteiger charge is -2.27. The van der Waals surface area contributed by atoms with E-state index in [2.05, 4.69) is 51.0 Å². The number of benzene rings is 1. The van der Waals surface area contributed by atoms with Gasteiger partial charge in [0.25, 0.3) is 0 Å². The zero-order valence-corrected chi connectivity index (χ0v) is 15.5. The van der Waals surface area contributed by atoms with E-state index in [0.717, 1.165) is 49.4 Å². The number of anilines is 1. The number of piperidine rings is 1. The van der Waals surface area contributed by atoms with Gasteiger partial charge in [-0.3, -0.25) is 4.79 Å². The van der Waals surface area contributed by atoms with Crippen molar-refractivity contribution in [3.8, 4) is 11.1 Å². The van der Waals surface area contributed by atoms with Gasteiger partial charge in [0.1, 0.15) is 0 Å². The summed E-state index contributed by atoms with van der Waals surface area (Å²) < 4.78 is 0. The fourth-order valence-electron chi connectivity index (χ4n) is 3.24. The van der Waals surface area contributed by atoms with Gasteiger partial charge in [0, 0.05) is 44.0 Å². The van der Waals surface area contributed by atoms with Gasteiger partial charge in [-0.25, -0.2) is 9.97 Å². The van der Waals surface area contributed by atoms with Crippen molar-refractivity contribution in [2.75, 3.05) is 18.0 Å². The molecular formula is C21H26N4O. The minimum absolute atomic E-state index is 0.00405. The van der Waals surface area contributed by atoms with Gasteiger partial charge in [0.05, 0.1) is 0 Å². The minimum Gasteiger partial charge on any atom is -0.354 e. The van der Waals surface area contributed by atoms with E-state index >= 15 is 0 Å². The van der Waals surface area contributed by atoms with Gasteiger partial charge < -0.3 is 10.2 Å². The molecule has 0 saturated carbocycles. The Hall–Kier alpha value is -2.69. The fraction of sp³-hybridized carbons (Fsp3) is 0.381. The zero-order valence-electron chi connectivity index (χ0n) is 15.5. The summed E-state index contributed by atoms with van der Waals surface area (Å²) in [7, 11) is 0. The summed E-state index contributed by atoms with van der Waals surface area (Å²) in [5, 5.41) is 2.91. The number of hydrogen-bond acceptors (Lipinski definition) is 4. The standard InChI is InChI=1S/C21H26N4O/c1-15-8-10-25(11-9-15)21-22-13-20(14-23-21)19-6-4-18(5-7-19)12-16(2)24-17(3)26/h4-7,13-14,16H,1,8-12H2,2-3H3,(H,24,26). The van der Waals surface area contributed by atoms with E-state index in [1.54, 1.807) is 6.92 Å². The van der Waals surface area contributed by atoms with Crippen LogP contribution in [0.1, 0.15) is 32.3 Å². The molecule has 0 bridgehead atoms. The topological polar surface area (TPSA) is 58.1 Å². The molecule has 0 radical (unpaired) electrons. The van der Waals surface area contributed by atoms with Crippen LogP contribution in [0.3, 0.4) is 0 Å². The number of carbonyl (C=O) groups excluding carboxylic acids is 1. The summed E-state index contributed by atoms with van der Waals surface area (Å²) in [5.41, 5.74) is 4.61. The summed E-state index contributed by atoms with van der Waals surface area (Å²) in [6, 6.07) is 8.48. The van der Waals surface area contributed by atoms with Crippen LogP contribution in [0.2, 0.25) is 0 Å². The van der Waals surface area contributed by atoms with Crippen LogP contribution >= 0.6 is 0 Å². The first-order valence-corrected chi connectivity index (χ1v) is 9.11. The van der Waals surface area contributed by atoms with Crippen LogP contribution in [-0.4, -0.2) is 35.0 Å². The molecule has 5 heteroatoms. The van der Waals surface area contributed by atoms with E-state index in [1.807, 2.05) is 19.3 Å². The molecule has 1 atom stereocenters. The molecule has 136 valence electrons. The molecule has 2 aromatic rings. The van der Waals surface area contributed by atoms with Crippen LogP contribution < -0.4 is 10.2 Å². The molecule has 1 saturated heterocycles. The van der Waals surface area contributed by atoms with Gasteiger partial charge in [0.2, 0.25) is 11.9 Å². The van der Waals surface area contributed by atoms with Crippen LogP contribution in [0.25, 0.3) is 11.1 Å². The molecule has 26 heavy (non-hydrogen) atoms. The second-order valence-electron chi connectivity index (χ2n) is 7.01.